The fraction of sp³-hybridized carbons (Fsp3) is 0.231. The first-order valence-electron chi connectivity index (χ1n) is 6.36. The average molecular weight is 324 g/mol. The molecule has 0 unspecified atom stereocenters. The maximum absolute atomic E-state index is 12.8. The molecule has 0 spiro atoms. The average Bonchev–Trinajstić information content (AvgIpc) is 2.93. The second kappa shape index (κ2) is 7.55. The molecule has 22 heavy (non-hydrogen) atoms. The van der Waals surface area contributed by atoms with Crippen LogP contribution >= 0.6 is 11.8 Å². The monoisotopic (exact) mass is 324 g/mol. The molecule has 0 aliphatic rings. The molecule has 0 aliphatic carbocycles. The molecule has 2 N–H and O–H groups in total. The van der Waals surface area contributed by atoms with Crippen LogP contribution in [-0.2, 0) is 9.53 Å². The number of thioether (sulfide) groups is 1. The van der Waals surface area contributed by atoms with Crippen LogP contribution in [0.2, 0.25) is 0 Å². The topological polar surface area (TPSA) is 97.0 Å². The molecule has 116 valence electrons. The highest BCUT2D eigenvalue weighted by Crippen LogP contribution is 2.14. The Morgan fingerprint density at radius 2 is 2.09 bits per heavy atom. The van der Waals surface area contributed by atoms with Gasteiger partial charge in [0.05, 0.1) is 12.4 Å². The van der Waals surface area contributed by atoms with Gasteiger partial charge in [-0.25, -0.2) is 9.49 Å². The molecule has 0 aliphatic heterocycles. The summed E-state index contributed by atoms with van der Waals surface area (Å²) in [6.45, 7) is 2.03. The fourth-order valence-corrected chi connectivity index (χ4v) is 2.07. The third-order valence-electron chi connectivity index (χ3n) is 2.43. The lowest BCUT2D eigenvalue weighted by atomic mass is 10.2. The molecule has 1 aromatic heterocycles. The van der Waals surface area contributed by atoms with Crippen LogP contribution in [0.1, 0.15) is 17.3 Å². The first kappa shape index (κ1) is 16.0. The lowest BCUT2D eigenvalue weighted by Gasteiger charge is -2.00. The number of carbonyl (C=O) groups excluding carboxylic acids is 2. The van der Waals surface area contributed by atoms with Crippen molar-refractivity contribution in [1.82, 2.24) is 15.2 Å². The van der Waals surface area contributed by atoms with Crippen molar-refractivity contribution in [1.29, 1.82) is 0 Å². The van der Waals surface area contributed by atoms with Crippen molar-refractivity contribution >= 4 is 29.6 Å². The third-order valence-corrected chi connectivity index (χ3v) is 3.25. The van der Waals surface area contributed by atoms with E-state index in [0.29, 0.717) is 17.3 Å². The highest BCUT2D eigenvalue weighted by atomic mass is 32.2. The Morgan fingerprint density at radius 1 is 1.36 bits per heavy atom. The Hall–Kier alpha value is -2.42. The molecule has 0 fully saturated rings. The minimum atomic E-state index is -0.446. The Kier molecular flexibility index (Phi) is 5.48. The van der Waals surface area contributed by atoms with Gasteiger partial charge in [-0.1, -0.05) is 11.8 Å². The second-order valence-electron chi connectivity index (χ2n) is 4.02. The summed E-state index contributed by atoms with van der Waals surface area (Å²) < 4.78 is 17.6. The van der Waals surface area contributed by atoms with Gasteiger partial charge in [-0.3, -0.25) is 14.9 Å². The fourth-order valence-electron chi connectivity index (χ4n) is 1.47. The molecule has 0 radical (unpaired) electrons. The first-order chi connectivity index (χ1) is 10.6. The van der Waals surface area contributed by atoms with E-state index in [4.69, 9.17) is 4.74 Å². The van der Waals surface area contributed by atoms with Crippen LogP contribution in [-0.4, -0.2) is 39.4 Å². The first-order valence-corrected chi connectivity index (χ1v) is 7.34. The number of hydrogen-bond acceptors (Lipinski definition) is 6. The van der Waals surface area contributed by atoms with Crippen molar-refractivity contribution in [3.8, 4) is 0 Å². The molecule has 2 aromatic rings. The molecule has 9 heteroatoms. The minimum absolute atomic E-state index is 0.0804. The van der Waals surface area contributed by atoms with E-state index >= 15 is 0 Å². The van der Waals surface area contributed by atoms with Crippen molar-refractivity contribution < 1.29 is 18.7 Å². The SMILES string of the molecule is CCOC(=O)CSc1n[nH]c(NC(=O)c2ccc(F)cc2)n1. The van der Waals surface area contributed by atoms with Crippen LogP contribution in [0.15, 0.2) is 29.4 Å². The number of nitrogens with zero attached hydrogens (tertiary/aromatic N) is 2. The Labute approximate surface area is 129 Å². The highest BCUT2D eigenvalue weighted by Gasteiger charge is 2.11. The minimum Gasteiger partial charge on any atom is -0.465 e. The van der Waals surface area contributed by atoms with E-state index in [0.717, 1.165) is 11.8 Å². The van der Waals surface area contributed by atoms with Crippen molar-refractivity contribution in [3.63, 3.8) is 0 Å². The maximum atomic E-state index is 12.8. The summed E-state index contributed by atoms with van der Waals surface area (Å²) >= 11 is 1.09. The van der Waals surface area contributed by atoms with E-state index in [1.54, 1.807) is 6.92 Å². The zero-order valence-corrected chi connectivity index (χ0v) is 12.4. The van der Waals surface area contributed by atoms with Gasteiger partial charge in [0.1, 0.15) is 5.82 Å². The molecule has 2 rings (SSSR count). The molecule has 7 nitrogen and oxygen atoms in total. The van der Waals surface area contributed by atoms with E-state index in [1.165, 1.54) is 24.3 Å². The van der Waals surface area contributed by atoms with E-state index < -0.39 is 11.7 Å². The van der Waals surface area contributed by atoms with E-state index in [2.05, 4.69) is 20.5 Å². The van der Waals surface area contributed by atoms with E-state index in [-0.39, 0.29) is 17.7 Å². The summed E-state index contributed by atoms with van der Waals surface area (Å²) in [4.78, 5) is 27.1. The summed E-state index contributed by atoms with van der Waals surface area (Å²) in [6, 6.07) is 5.10. The van der Waals surface area contributed by atoms with Crippen LogP contribution in [0.25, 0.3) is 0 Å². The van der Waals surface area contributed by atoms with Crippen molar-refractivity contribution in [2.75, 3.05) is 17.7 Å². The Morgan fingerprint density at radius 3 is 2.77 bits per heavy atom. The summed E-state index contributed by atoms with van der Waals surface area (Å²) in [6.07, 6.45) is 0. The molecule has 1 aromatic carbocycles. The van der Waals surface area contributed by atoms with Crippen molar-refractivity contribution in [2.24, 2.45) is 0 Å². The van der Waals surface area contributed by atoms with Crippen LogP contribution in [0, 0.1) is 5.82 Å². The van der Waals surface area contributed by atoms with Gasteiger partial charge in [-0.05, 0) is 31.2 Å². The smallest absolute Gasteiger partial charge is 0.316 e. The van der Waals surface area contributed by atoms with Gasteiger partial charge in [0.15, 0.2) is 0 Å². The highest BCUT2D eigenvalue weighted by molar-refractivity contribution is 7.99. The van der Waals surface area contributed by atoms with Gasteiger partial charge in [-0.2, -0.15) is 4.98 Å². The number of rotatable bonds is 6. The Bertz CT molecular complexity index is 660. The lowest BCUT2D eigenvalue weighted by Crippen LogP contribution is -2.12. The van der Waals surface area contributed by atoms with Gasteiger partial charge in [0, 0.05) is 5.56 Å². The molecule has 0 saturated carbocycles. The van der Waals surface area contributed by atoms with Crippen LogP contribution in [0.4, 0.5) is 10.3 Å². The third kappa shape index (κ3) is 4.55. The van der Waals surface area contributed by atoms with Crippen molar-refractivity contribution in [3.05, 3.63) is 35.6 Å². The maximum Gasteiger partial charge on any atom is 0.316 e. The summed E-state index contributed by atoms with van der Waals surface area (Å²) in [5.74, 6) is -1.02. The van der Waals surface area contributed by atoms with Gasteiger partial charge in [0.25, 0.3) is 5.91 Å². The number of ether oxygens (including phenoxy) is 1. The molecule has 1 heterocycles. The van der Waals surface area contributed by atoms with Gasteiger partial charge in [-0.15, -0.1) is 5.10 Å². The largest absolute Gasteiger partial charge is 0.465 e. The number of amides is 1. The molecule has 1 amide bonds. The predicted molar refractivity (Wildman–Crippen MR) is 78.1 cm³/mol. The summed E-state index contributed by atoms with van der Waals surface area (Å²) in [7, 11) is 0. The second-order valence-corrected chi connectivity index (χ2v) is 4.96. The molecule has 0 saturated heterocycles. The predicted octanol–water partition coefficient (Wildman–Crippen LogP) is 1.85. The van der Waals surface area contributed by atoms with E-state index in [1.807, 2.05) is 0 Å². The van der Waals surface area contributed by atoms with Crippen molar-refractivity contribution in [2.45, 2.75) is 12.1 Å². The zero-order valence-electron chi connectivity index (χ0n) is 11.6. The van der Waals surface area contributed by atoms with E-state index in [9.17, 15) is 14.0 Å². The quantitative estimate of drug-likeness (QED) is 0.622. The Balaban J connectivity index is 1.90. The zero-order chi connectivity index (χ0) is 15.9. The van der Waals surface area contributed by atoms with Crippen LogP contribution in [0.3, 0.4) is 0 Å². The molecular formula is C13H13FN4O3S. The summed E-state index contributed by atoms with van der Waals surface area (Å²) in [5.41, 5.74) is 0.290. The van der Waals surface area contributed by atoms with Gasteiger partial charge in [0.2, 0.25) is 11.1 Å². The van der Waals surface area contributed by atoms with Gasteiger partial charge < -0.3 is 4.74 Å². The summed E-state index contributed by atoms with van der Waals surface area (Å²) in [5, 5.41) is 9.19. The number of nitrogens with one attached hydrogen (secondary N) is 2. The van der Waals surface area contributed by atoms with Gasteiger partial charge >= 0.3 is 5.97 Å². The number of aromatic amines is 1. The number of esters is 1. The standard InChI is InChI=1S/C13H13FN4O3S/c1-2-21-10(19)7-22-13-16-12(17-18-13)15-11(20)8-3-5-9(14)6-4-8/h3-6H,2,7H2,1H3,(H2,15,16,17,18,20). The number of hydrogen-bond donors (Lipinski definition) is 2. The van der Waals surface area contributed by atoms with Crippen LogP contribution in [0.5, 0.6) is 0 Å². The van der Waals surface area contributed by atoms with Crippen LogP contribution < -0.4 is 5.32 Å². The number of anilines is 1. The lowest BCUT2D eigenvalue weighted by molar-refractivity contribution is -0.139. The number of H-pyrrole nitrogens is 1. The molecule has 0 atom stereocenters. The number of benzene rings is 1. The number of carbonyl (C=O) groups is 2. The normalized spacial score (nSPS) is 10.3. The molecule has 0 bridgehead atoms. The number of aromatic nitrogens is 3. The number of halogens is 1. The molecular weight excluding hydrogens is 311 g/mol.